The zero-order valence-corrected chi connectivity index (χ0v) is 14.8. The summed E-state index contributed by atoms with van der Waals surface area (Å²) in [7, 11) is 0. The largest absolute Gasteiger partial charge is 0.488 e. The molecule has 0 atom stereocenters. The minimum Gasteiger partial charge on any atom is -0.488 e. The second kappa shape index (κ2) is 6.68. The van der Waals surface area contributed by atoms with Gasteiger partial charge in [0.1, 0.15) is 12.4 Å². The molecule has 0 spiro atoms. The topological polar surface area (TPSA) is 48.4 Å². The van der Waals surface area contributed by atoms with Gasteiger partial charge in [0.15, 0.2) is 0 Å². The standard InChI is InChI=1S/C17H17NO3S2/c1-4-20-17(19)16-11(3)23-14-6-5-12(7-13(14)16)21-8-15-10(2)18-9-22-15/h5-7,9H,4,8H2,1-3H3. The molecular formula is C17H17NO3S2. The zero-order chi connectivity index (χ0) is 16.4. The fourth-order valence-electron chi connectivity index (χ4n) is 2.36. The number of carbonyl (C=O) groups is 1. The molecule has 0 amide bonds. The van der Waals surface area contributed by atoms with Crippen LogP contribution in [0.4, 0.5) is 0 Å². The normalized spacial score (nSPS) is 10.9. The molecule has 4 nitrogen and oxygen atoms in total. The van der Waals surface area contributed by atoms with Crippen molar-refractivity contribution in [2.24, 2.45) is 0 Å². The van der Waals surface area contributed by atoms with Crippen molar-refractivity contribution in [2.75, 3.05) is 6.61 Å². The van der Waals surface area contributed by atoms with Gasteiger partial charge in [0, 0.05) is 15.0 Å². The summed E-state index contributed by atoms with van der Waals surface area (Å²) in [6.45, 7) is 6.58. The summed E-state index contributed by atoms with van der Waals surface area (Å²) >= 11 is 3.18. The number of nitrogens with zero attached hydrogens (tertiary/aromatic N) is 1. The molecule has 0 fully saturated rings. The van der Waals surface area contributed by atoms with Crippen LogP contribution in [0, 0.1) is 13.8 Å². The number of aromatic nitrogens is 1. The first-order valence-electron chi connectivity index (χ1n) is 7.32. The number of fused-ring (bicyclic) bond motifs is 1. The highest BCUT2D eigenvalue weighted by atomic mass is 32.1. The van der Waals surface area contributed by atoms with E-state index in [1.807, 2.05) is 44.5 Å². The molecule has 0 unspecified atom stereocenters. The summed E-state index contributed by atoms with van der Waals surface area (Å²) < 4.78 is 12.1. The van der Waals surface area contributed by atoms with Crippen molar-refractivity contribution >= 4 is 38.7 Å². The van der Waals surface area contributed by atoms with Crippen LogP contribution in [-0.2, 0) is 11.3 Å². The van der Waals surface area contributed by atoms with Gasteiger partial charge in [-0.2, -0.15) is 0 Å². The quantitative estimate of drug-likeness (QED) is 0.626. The number of esters is 1. The van der Waals surface area contributed by atoms with E-state index < -0.39 is 0 Å². The Morgan fingerprint density at radius 3 is 2.83 bits per heavy atom. The van der Waals surface area contributed by atoms with E-state index in [0.29, 0.717) is 18.8 Å². The van der Waals surface area contributed by atoms with E-state index in [1.54, 1.807) is 22.7 Å². The van der Waals surface area contributed by atoms with Gasteiger partial charge in [-0.05, 0) is 39.0 Å². The highest BCUT2D eigenvalue weighted by Gasteiger charge is 2.18. The van der Waals surface area contributed by atoms with E-state index in [-0.39, 0.29) is 5.97 Å². The molecule has 120 valence electrons. The van der Waals surface area contributed by atoms with E-state index in [4.69, 9.17) is 9.47 Å². The Balaban J connectivity index is 1.89. The second-order valence-electron chi connectivity index (χ2n) is 5.06. The average molecular weight is 347 g/mol. The Morgan fingerprint density at radius 2 is 2.13 bits per heavy atom. The van der Waals surface area contributed by atoms with Crippen molar-refractivity contribution in [1.82, 2.24) is 4.98 Å². The lowest BCUT2D eigenvalue weighted by Crippen LogP contribution is -2.05. The van der Waals surface area contributed by atoms with Crippen LogP contribution in [0.25, 0.3) is 10.1 Å². The van der Waals surface area contributed by atoms with Gasteiger partial charge in [-0.15, -0.1) is 22.7 Å². The predicted octanol–water partition coefficient (Wildman–Crippen LogP) is 4.73. The maximum absolute atomic E-state index is 12.2. The van der Waals surface area contributed by atoms with Gasteiger partial charge in [0.2, 0.25) is 0 Å². The fraction of sp³-hybridized carbons (Fsp3) is 0.294. The highest BCUT2D eigenvalue weighted by Crippen LogP contribution is 2.34. The molecule has 23 heavy (non-hydrogen) atoms. The first-order chi connectivity index (χ1) is 11.1. The van der Waals surface area contributed by atoms with Crippen molar-refractivity contribution in [3.8, 4) is 5.75 Å². The molecule has 0 aliphatic rings. The molecule has 0 aliphatic carbocycles. The number of thiophene rings is 1. The lowest BCUT2D eigenvalue weighted by Gasteiger charge is -2.06. The first kappa shape index (κ1) is 16.0. The first-order valence-corrected chi connectivity index (χ1v) is 9.01. The van der Waals surface area contributed by atoms with Crippen LogP contribution in [0.1, 0.15) is 32.7 Å². The van der Waals surface area contributed by atoms with Crippen molar-refractivity contribution in [3.05, 3.63) is 44.7 Å². The minimum absolute atomic E-state index is 0.272. The predicted molar refractivity (Wildman–Crippen MR) is 93.7 cm³/mol. The summed E-state index contributed by atoms with van der Waals surface area (Å²) in [6, 6.07) is 5.84. The fourth-order valence-corrected chi connectivity index (χ4v) is 4.08. The summed E-state index contributed by atoms with van der Waals surface area (Å²) in [5.41, 5.74) is 3.46. The van der Waals surface area contributed by atoms with Crippen molar-refractivity contribution in [2.45, 2.75) is 27.4 Å². The van der Waals surface area contributed by atoms with Gasteiger partial charge in [-0.3, -0.25) is 0 Å². The Labute approximate surface area is 142 Å². The van der Waals surface area contributed by atoms with Crippen molar-refractivity contribution in [3.63, 3.8) is 0 Å². The molecular weight excluding hydrogens is 330 g/mol. The molecule has 0 N–H and O–H groups in total. The summed E-state index contributed by atoms with van der Waals surface area (Å²) in [5.74, 6) is 0.473. The number of hydrogen-bond acceptors (Lipinski definition) is 6. The minimum atomic E-state index is -0.272. The number of carbonyl (C=O) groups excluding carboxylic acids is 1. The van der Waals surface area contributed by atoms with Crippen LogP contribution in [0.2, 0.25) is 0 Å². The molecule has 3 rings (SSSR count). The monoisotopic (exact) mass is 347 g/mol. The number of rotatable bonds is 5. The van der Waals surface area contributed by atoms with Crippen LogP contribution in [-0.4, -0.2) is 17.6 Å². The van der Waals surface area contributed by atoms with E-state index in [9.17, 15) is 4.79 Å². The smallest absolute Gasteiger partial charge is 0.339 e. The maximum atomic E-state index is 12.2. The van der Waals surface area contributed by atoms with Gasteiger partial charge in [-0.1, -0.05) is 0 Å². The van der Waals surface area contributed by atoms with Crippen LogP contribution in [0.5, 0.6) is 5.75 Å². The molecule has 0 aliphatic heterocycles. The van der Waals surface area contributed by atoms with Crippen LogP contribution < -0.4 is 4.74 Å². The highest BCUT2D eigenvalue weighted by molar-refractivity contribution is 7.19. The van der Waals surface area contributed by atoms with Crippen LogP contribution in [0.15, 0.2) is 23.7 Å². The van der Waals surface area contributed by atoms with Gasteiger partial charge in [0.05, 0.1) is 28.3 Å². The molecule has 0 saturated heterocycles. The Morgan fingerprint density at radius 1 is 1.30 bits per heavy atom. The molecule has 1 aromatic carbocycles. The third-order valence-electron chi connectivity index (χ3n) is 3.53. The lowest BCUT2D eigenvalue weighted by atomic mass is 10.1. The number of ether oxygens (including phenoxy) is 2. The molecule has 0 bridgehead atoms. The van der Waals surface area contributed by atoms with Gasteiger partial charge in [-0.25, -0.2) is 9.78 Å². The third kappa shape index (κ3) is 3.23. The molecule has 2 aromatic heterocycles. The second-order valence-corrected chi connectivity index (χ2v) is 7.26. The number of thiazole rings is 1. The molecule has 3 aromatic rings. The van der Waals surface area contributed by atoms with E-state index in [2.05, 4.69) is 4.98 Å². The molecule has 2 heterocycles. The molecule has 0 radical (unpaired) electrons. The third-order valence-corrected chi connectivity index (χ3v) is 5.52. The van der Waals surface area contributed by atoms with E-state index in [0.717, 1.165) is 31.3 Å². The summed E-state index contributed by atoms with van der Waals surface area (Å²) in [6.07, 6.45) is 0. The Bertz CT molecular complexity index is 851. The van der Waals surface area contributed by atoms with Gasteiger partial charge >= 0.3 is 5.97 Å². The SMILES string of the molecule is CCOC(=O)c1c(C)sc2ccc(OCc3scnc3C)cc12. The van der Waals surface area contributed by atoms with Crippen LogP contribution in [0.3, 0.4) is 0 Å². The van der Waals surface area contributed by atoms with Gasteiger partial charge < -0.3 is 9.47 Å². The van der Waals surface area contributed by atoms with E-state index in [1.165, 1.54) is 0 Å². The number of aryl methyl sites for hydroxylation is 2. The van der Waals surface area contributed by atoms with Crippen molar-refractivity contribution in [1.29, 1.82) is 0 Å². The van der Waals surface area contributed by atoms with Gasteiger partial charge in [0.25, 0.3) is 0 Å². The number of hydrogen-bond donors (Lipinski definition) is 0. The number of benzene rings is 1. The summed E-state index contributed by atoms with van der Waals surface area (Å²) in [4.78, 5) is 18.5. The Kier molecular flexibility index (Phi) is 4.63. The Hall–Kier alpha value is -1.92. The van der Waals surface area contributed by atoms with E-state index >= 15 is 0 Å². The zero-order valence-electron chi connectivity index (χ0n) is 13.2. The lowest BCUT2D eigenvalue weighted by molar-refractivity contribution is 0.0528. The average Bonchev–Trinajstić information content (AvgIpc) is 3.07. The molecule has 0 saturated carbocycles. The molecule has 6 heteroatoms. The summed E-state index contributed by atoms with van der Waals surface area (Å²) in [5, 5.41) is 0.893. The van der Waals surface area contributed by atoms with Crippen LogP contribution >= 0.6 is 22.7 Å². The van der Waals surface area contributed by atoms with Crippen molar-refractivity contribution < 1.29 is 14.3 Å². The maximum Gasteiger partial charge on any atom is 0.339 e.